The van der Waals surface area contributed by atoms with Gasteiger partial charge in [0.15, 0.2) is 0 Å². The Hall–Kier alpha value is -1.44. The summed E-state index contributed by atoms with van der Waals surface area (Å²) in [4.78, 5) is 15.4. The molecule has 0 saturated carbocycles. The molecule has 2 fully saturated rings. The van der Waals surface area contributed by atoms with E-state index in [1.165, 1.54) is 6.07 Å². The van der Waals surface area contributed by atoms with Crippen molar-refractivity contribution in [2.24, 2.45) is 5.92 Å². The van der Waals surface area contributed by atoms with Gasteiger partial charge in [-0.15, -0.1) is 0 Å². The molecule has 0 bridgehead atoms. The second-order valence-corrected chi connectivity index (χ2v) is 10.8. The number of hydrogen-bond acceptors (Lipinski definition) is 4. The number of nitrogens with zero attached hydrogens (tertiary/aromatic N) is 2. The summed E-state index contributed by atoms with van der Waals surface area (Å²) in [5.41, 5.74) is 0.417. The van der Waals surface area contributed by atoms with Crippen molar-refractivity contribution in [3.63, 3.8) is 0 Å². The lowest BCUT2D eigenvalue weighted by Gasteiger charge is -2.33. The van der Waals surface area contributed by atoms with Gasteiger partial charge in [0.05, 0.1) is 4.90 Å². The van der Waals surface area contributed by atoms with Gasteiger partial charge in [0.1, 0.15) is 0 Å². The molecule has 7 heteroatoms. The predicted octanol–water partition coefficient (Wildman–Crippen LogP) is 3.10. The normalized spacial score (nSPS) is 22.7. The molecule has 1 unspecified atom stereocenters. The van der Waals surface area contributed by atoms with Crippen LogP contribution in [0.5, 0.6) is 0 Å². The van der Waals surface area contributed by atoms with Crippen molar-refractivity contribution >= 4 is 15.9 Å². The van der Waals surface area contributed by atoms with Crippen LogP contribution in [0.1, 0.15) is 63.2 Å². The molecule has 1 N–H and O–H groups in total. The molecule has 1 aromatic rings. The Labute approximate surface area is 175 Å². The van der Waals surface area contributed by atoms with Crippen LogP contribution in [0.25, 0.3) is 0 Å². The lowest BCUT2D eigenvalue weighted by molar-refractivity contribution is 0.0907. The molecule has 2 aliphatic heterocycles. The quantitative estimate of drug-likeness (QED) is 0.766. The summed E-state index contributed by atoms with van der Waals surface area (Å²) in [7, 11) is -3.57. The summed E-state index contributed by atoms with van der Waals surface area (Å²) in [6, 6.07) is 6.64. The van der Waals surface area contributed by atoms with Gasteiger partial charge in [-0.05, 0) is 56.7 Å². The van der Waals surface area contributed by atoms with Crippen LogP contribution in [0.3, 0.4) is 0 Å². The van der Waals surface area contributed by atoms with Crippen molar-refractivity contribution in [3.05, 3.63) is 29.8 Å². The van der Waals surface area contributed by atoms with E-state index in [-0.39, 0.29) is 22.9 Å². The highest BCUT2D eigenvalue weighted by molar-refractivity contribution is 7.89. The van der Waals surface area contributed by atoms with E-state index in [2.05, 4.69) is 24.1 Å². The van der Waals surface area contributed by atoms with Crippen molar-refractivity contribution < 1.29 is 13.2 Å². The first-order valence-electron chi connectivity index (χ1n) is 10.9. The maximum atomic E-state index is 13.1. The summed E-state index contributed by atoms with van der Waals surface area (Å²) >= 11 is 0. The van der Waals surface area contributed by atoms with Gasteiger partial charge >= 0.3 is 0 Å². The van der Waals surface area contributed by atoms with Crippen LogP contribution in [-0.4, -0.2) is 61.8 Å². The highest BCUT2D eigenvalue weighted by atomic mass is 32.2. The Kier molecular flexibility index (Phi) is 7.35. The van der Waals surface area contributed by atoms with Crippen molar-refractivity contribution in [2.75, 3.05) is 26.2 Å². The van der Waals surface area contributed by atoms with Crippen LogP contribution >= 0.6 is 0 Å². The molecule has 29 heavy (non-hydrogen) atoms. The van der Waals surface area contributed by atoms with Crippen LogP contribution in [0.4, 0.5) is 0 Å². The minimum Gasteiger partial charge on any atom is -0.349 e. The number of carbonyl (C=O) groups is 1. The third-order valence-electron chi connectivity index (χ3n) is 5.99. The SMILES string of the molecule is CC(C)CN1CCC(NC(=O)c2cccc(S(=O)(=O)N3CCCCC3C)c2)CC1. The topological polar surface area (TPSA) is 69.7 Å². The second-order valence-electron chi connectivity index (χ2n) is 8.93. The van der Waals surface area contributed by atoms with Crippen molar-refractivity contribution in [3.8, 4) is 0 Å². The number of carbonyl (C=O) groups excluding carboxylic acids is 1. The number of likely N-dealkylation sites (tertiary alicyclic amines) is 1. The summed E-state index contributed by atoms with van der Waals surface area (Å²) in [6.45, 7) is 10.0. The van der Waals surface area contributed by atoms with E-state index in [0.29, 0.717) is 18.0 Å². The molecular weight excluding hydrogens is 386 g/mol. The van der Waals surface area contributed by atoms with Gasteiger partial charge in [0, 0.05) is 43.8 Å². The number of nitrogens with one attached hydrogen (secondary N) is 1. The summed E-state index contributed by atoms with van der Waals surface area (Å²) in [5, 5.41) is 3.10. The first kappa shape index (κ1) is 22.2. The molecule has 162 valence electrons. The molecular formula is C22H35N3O3S. The van der Waals surface area contributed by atoms with Crippen molar-refractivity contribution in [1.82, 2.24) is 14.5 Å². The fraction of sp³-hybridized carbons (Fsp3) is 0.682. The number of piperidine rings is 2. The monoisotopic (exact) mass is 421 g/mol. The molecule has 1 atom stereocenters. The standard InChI is InChI=1S/C22H35N3O3S/c1-17(2)16-24-13-10-20(11-14-24)23-22(26)19-8-6-9-21(15-19)29(27,28)25-12-5-4-7-18(25)3/h6,8-9,15,17-18,20H,4-5,7,10-14,16H2,1-3H3,(H,23,26). The van der Waals surface area contributed by atoms with E-state index in [1.807, 2.05) is 6.92 Å². The summed E-state index contributed by atoms with van der Waals surface area (Å²) in [5.74, 6) is 0.463. The Morgan fingerprint density at radius 3 is 2.52 bits per heavy atom. The van der Waals surface area contributed by atoms with Crippen LogP contribution in [-0.2, 0) is 10.0 Å². The van der Waals surface area contributed by atoms with Crippen molar-refractivity contribution in [1.29, 1.82) is 0 Å². The zero-order valence-electron chi connectivity index (χ0n) is 17.9. The Morgan fingerprint density at radius 1 is 1.14 bits per heavy atom. The van der Waals surface area contributed by atoms with Crippen LogP contribution in [0, 0.1) is 5.92 Å². The molecule has 3 rings (SSSR count). The molecule has 0 aliphatic carbocycles. The molecule has 0 spiro atoms. The number of benzene rings is 1. The van der Waals surface area contributed by atoms with Gasteiger partial charge in [0.2, 0.25) is 10.0 Å². The molecule has 2 saturated heterocycles. The summed E-state index contributed by atoms with van der Waals surface area (Å²) in [6.07, 6.45) is 4.70. The largest absolute Gasteiger partial charge is 0.349 e. The minimum absolute atomic E-state index is 0.00209. The average molecular weight is 422 g/mol. The average Bonchev–Trinajstić information content (AvgIpc) is 2.69. The fourth-order valence-electron chi connectivity index (χ4n) is 4.41. The molecule has 2 heterocycles. The molecule has 0 radical (unpaired) electrons. The summed E-state index contributed by atoms with van der Waals surface area (Å²) < 4.78 is 27.7. The zero-order chi connectivity index (χ0) is 21.0. The predicted molar refractivity (Wildman–Crippen MR) is 115 cm³/mol. The van der Waals surface area contributed by atoms with Gasteiger partial charge < -0.3 is 10.2 Å². The lowest BCUT2D eigenvalue weighted by Crippen LogP contribution is -2.45. The third-order valence-corrected chi connectivity index (χ3v) is 8.00. The number of hydrogen-bond donors (Lipinski definition) is 1. The second kappa shape index (κ2) is 9.58. The molecule has 6 nitrogen and oxygen atoms in total. The van der Waals surface area contributed by atoms with Gasteiger partial charge in [-0.3, -0.25) is 4.79 Å². The fourth-order valence-corrected chi connectivity index (χ4v) is 6.15. The first-order valence-corrected chi connectivity index (χ1v) is 12.4. The lowest BCUT2D eigenvalue weighted by atomic mass is 10.0. The smallest absolute Gasteiger partial charge is 0.251 e. The van der Waals surface area contributed by atoms with E-state index in [0.717, 1.165) is 51.7 Å². The number of rotatable bonds is 6. The van der Waals surface area contributed by atoms with E-state index in [4.69, 9.17) is 0 Å². The van der Waals surface area contributed by atoms with E-state index < -0.39 is 10.0 Å². The third kappa shape index (κ3) is 5.58. The first-order chi connectivity index (χ1) is 13.8. The molecule has 1 amide bonds. The maximum absolute atomic E-state index is 13.1. The van der Waals surface area contributed by atoms with Crippen LogP contribution < -0.4 is 5.32 Å². The zero-order valence-corrected chi connectivity index (χ0v) is 18.7. The Balaban J connectivity index is 1.64. The number of amides is 1. The Bertz CT molecular complexity index is 801. The van der Waals surface area contributed by atoms with E-state index >= 15 is 0 Å². The minimum atomic E-state index is -3.57. The molecule has 0 aromatic heterocycles. The molecule has 1 aromatic carbocycles. The highest BCUT2D eigenvalue weighted by Gasteiger charge is 2.31. The van der Waals surface area contributed by atoms with E-state index in [1.54, 1.807) is 22.5 Å². The highest BCUT2D eigenvalue weighted by Crippen LogP contribution is 2.25. The van der Waals surface area contributed by atoms with Crippen LogP contribution in [0.15, 0.2) is 29.2 Å². The van der Waals surface area contributed by atoms with Gasteiger partial charge in [0.25, 0.3) is 5.91 Å². The van der Waals surface area contributed by atoms with Crippen LogP contribution in [0.2, 0.25) is 0 Å². The van der Waals surface area contributed by atoms with Gasteiger partial charge in [-0.1, -0.05) is 26.3 Å². The van der Waals surface area contributed by atoms with Gasteiger partial charge in [-0.2, -0.15) is 4.31 Å². The number of sulfonamides is 1. The van der Waals surface area contributed by atoms with E-state index in [9.17, 15) is 13.2 Å². The van der Waals surface area contributed by atoms with Gasteiger partial charge in [-0.25, -0.2) is 8.42 Å². The van der Waals surface area contributed by atoms with Crippen molar-refractivity contribution in [2.45, 2.75) is 69.9 Å². The Morgan fingerprint density at radius 2 is 1.86 bits per heavy atom. The molecule has 2 aliphatic rings. The maximum Gasteiger partial charge on any atom is 0.251 e.